The van der Waals surface area contributed by atoms with Gasteiger partial charge < -0.3 is 19.9 Å². The van der Waals surface area contributed by atoms with Gasteiger partial charge in [0.1, 0.15) is 18.2 Å². The van der Waals surface area contributed by atoms with E-state index in [-0.39, 0.29) is 18.7 Å². The fourth-order valence-corrected chi connectivity index (χ4v) is 2.55. The van der Waals surface area contributed by atoms with Crippen molar-refractivity contribution in [1.29, 1.82) is 0 Å². The lowest BCUT2D eigenvalue weighted by Gasteiger charge is -2.16. The molecule has 2 N–H and O–H groups in total. The van der Waals surface area contributed by atoms with Crippen LogP contribution in [0, 0.1) is 5.82 Å². The minimum Gasteiger partial charge on any atom is -0.490 e. The molecule has 0 radical (unpaired) electrons. The van der Waals surface area contributed by atoms with Crippen LogP contribution in [-0.2, 0) is 9.53 Å². The monoisotopic (exact) mass is 395 g/mol. The molecule has 27 heavy (non-hydrogen) atoms. The van der Waals surface area contributed by atoms with Gasteiger partial charge in [-0.05, 0) is 35.9 Å². The Morgan fingerprint density at radius 2 is 1.89 bits per heavy atom. The van der Waals surface area contributed by atoms with Crippen LogP contribution in [-0.4, -0.2) is 43.9 Å². The van der Waals surface area contributed by atoms with Gasteiger partial charge in [0.15, 0.2) is 0 Å². The molecule has 2 rings (SSSR count). The molecular weight excluding hydrogens is 377 g/mol. The second-order valence-corrected chi connectivity index (χ2v) is 6.07. The first-order valence-electron chi connectivity index (χ1n) is 8.10. The van der Waals surface area contributed by atoms with Gasteiger partial charge in [0, 0.05) is 18.7 Å². The van der Waals surface area contributed by atoms with Crippen LogP contribution in [0.25, 0.3) is 0 Å². The molecule has 2 aromatic rings. The molecule has 0 fully saturated rings. The molecule has 1 amide bonds. The molecule has 1 atom stereocenters. The van der Waals surface area contributed by atoms with Gasteiger partial charge in [-0.15, -0.1) is 0 Å². The molecule has 144 valence electrons. The summed E-state index contributed by atoms with van der Waals surface area (Å²) in [5, 5.41) is 12.3. The number of carboxylic acid groups (broad SMARTS) is 1. The summed E-state index contributed by atoms with van der Waals surface area (Å²) in [5.41, 5.74) is 0.564. The number of benzene rings is 2. The summed E-state index contributed by atoms with van der Waals surface area (Å²) >= 11 is 5.96. The number of rotatable bonds is 9. The number of aliphatic carboxylic acids is 1. The molecule has 0 heterocycles. The molecule has 0 aliphatic carbocycles. The van der Waals surface area contributed by atoms with Crippen LogP contribution in [0.2, 0.25) is 5.02 Å². The van der Waals surface area contributed by atoms with Gasteiger partial charge in [0.25, 0.3) is 5.91 Å². The van der Waals surface area contributed by atoms with E-state index in [9.17, 15) is 19.1 Å². The Labute approximate surface area is 160 Å². The van der Waals surface area contributed by atoms with E-state index in [1.807, 2.05) is 0 Å². The second-order valence-electron chi connectivity index (χ2n) is 5.63. The van der Waals surface area contributed by atoms with Gasteiger partial charge in [-0.3, -0.25) is 9.59 Å². The maximum atomic E-state index is 13.0. The van der Waals surface area contributed by atoms with Crippen molar-refractivity contribution in [3.05, 3.63) is 64.4 Å². The Bertz CT molecular complexity index is 797. The van der Waals surface area contributed by atoms with Crippen LogP contribution >= 0.6 is 11.6 Å². The minimum absolute atomic E-state index is 0.177. The van der Waals surface area contributed by atoms with E-state index in [2.05, 4.69) is 5.32 Å². The number of carbonyl (C=O) groups is 2. The number of ether oxygens (including phenoxy) is 2. The molecule has 0 aliphatic heterocycles. The van der Waals surface area contributed by atoms with E-state index in [1.165, 1.54) is 37.4 Å². The van der Waals surface area contributed by atoms with E-state index < -0.39 is 23.6 Å². The Balaban J connectivity index is 2.12. The summed E-state index contributed by atoms with van der Waals surface area (Å²) in [4.78, 5) is 24.1. The Morgan fingerprint density at radius 3 is 2.52 bits per heavy atom. The highest BCUT2D eigenvalue weighted by atomic mass is 35.5. The zero-order valence-corrected chi connectivity index (χ0v) is 15.3. The predicted molar refractivity (Wildman–Crippen MR) is 97.9 cm³/mol. The van der Waals surface area contributed by atoms with Gasteiger partial charge in [-0.1, -0.05) is 23.7 Å². The number of hydrogen-bond acceptors (Lipinski definition) is 4. The summed E-state index contributed by atoms with van der Waals surface area (Å²) in [5.74, 6) is -2.85. The Hall–Kier alpha value is -2.64. The maximum Gasteiger partial charge on any atom is 0.312 e. The summed E-state index contributed by atoms with van der Waals surface area (Å²) in [6.45, 7) is 0.408. The molecule has 8 heteroatoms. The fraction of sp³-hybridized carbons (Fsp3) is 0.263. The quantitative estimate of drug-likeness (QED) is 0.637. The molecule has 2 aromatic carbocycles. The third kappa shape index (κ3) is 5.94. The van der Waals surface area contributed by atoms with E-state index in [1.54, 1.807) is 12.1 Å². The average molecular weight is 396 g/mol. The second kappa shape index (κ2) is 9.89. The highest BCUT2D eigenvalue weighted by molar-refractivity contribution is 6.31. The van der Waals surface area contributed by atoms with E-state index >= 15 is 0 Å². The van der Waals surface area contributed by atoms with Crippen LogP contribution < -0.4 is 10.1 Å². The number of hydrogen-bond donors (Lipinski definition) is 2. The first-order chi connectivity index (χ1) is 12.9. The summed E-state index contributed by atoms with van der Waals surface area (Å²) < 4.78 is 23.5. The molecule has 0 bridgehead atoms. The SMILES string of the molecule is COCCOc1ccc(Cl)cc1C(=O)NCC(C(=O)O)c1ccc(F)cc1. The molecule has 6 nitrogen and oxygen atoms in total. The first kappa shape index (κ1) is 20.7. The number of halogens is 2. The first-order valence-corrected chi connectivity index (χ1v) is 8.48. The molecule has 0 aromatic heterocycles. The van der Waals surface area contributed by atoms with Crippen molar-refractivity contribution < 1.29 is 28.6 Å². The van der Waals surface area contributed by atoms with Gasteiger partial charge in [0.2, 0.25) is 0 Å². The molecule has 0 spiro atoms. The molecular formula is C19H19ClFNO5. The zero-order valence-electron chi connectivity index (χ0n) is 14.6. The van der Waals surface area contributed by atoms with Crippen LogP contribution in [0.3, 0.4) is 0 Å². The third-order valence-electron chi connectivity index (χ3n) is 3.77. The van der Waals surface area contributed by atoms with Crippen LogP contribution in [0.1, 0.15) is 21.8 Å². The van der Waals surface area contributed by atoms with Crippen molar-refractivity contribution in [2.75, 3.05) is 26.9 Å². The van der Waals surface area contributed by atoms with Crippen LogP contribution in [0.5, 0.6) is 5.75 Å². The lowest BCUT2D eigenvalue weighted by atomic mass is 9.99. The highest BCUT2D eigenvalue weighted by Crippen LogP contribution is 2.23. The summed E-state index contributed by atoms with van der Waals surface area (Å²) in [6.07, 6.45) is 0. The van der Waals surface area contributed by atoms with E-state index in [0.29, 0.717) is 22.9 Å². The number of methoxy groups -OCH3 is 1. The van der Waals surface area contributed by atoms with Gasteiger partial charge >= 0.3 is 5.97 Å². The number of carboxylic acids is 1. The zero-order chi connectivity index (χ0) is 19.8. The van der Waals surface area contributed by atoms with Crippen LogP contribution in [0.4, 0.5) is 4.39 Å². The topological polar surface area (TPSA) is 84.9 Å². The van der Waals surface area contributed by atoms with Crippen molar-refractivity contribution in [3.8, 4) is 5.75 Å². The molecule has 0 saturated heterocycles. The lowest BCUT2D eigenvalue weighted by Crippen LogP contribution is -2.32. The predicted octanol–water partition coefficient (Wildman–Crippen LogP) is 3.10. The minimum atomic E-state index is -1.13. The highest BCUT2D eigenvalue weighted by Gasteiger charge is 2.22. The smallest absolute Gasteiger partial charge is 0.312 e. The van der Waals surface area contributed by atoms with E-state index in [4.69, 9.17) is 21.1 Å². The van der Waals surface area contributed by atoms with Crippen molar-refractivity contribution in [1.82, 2.24) is 5.32 Å². The van der Waals surface area contributed by atoms with Gasteiger partial charge in [0.05, 0.1) is 18.1 Å². The maximum absolute atomic E-state index is 13.0. The normalized spacial score (nSPS) is 11.7. The van der Waals surface area contributed by atoms with Crippen molar-refractivity contribution in [2.45, 2.75) is 5.92 Å². The summed E-state index contributed by atoms with van der Waals surface area (Å²) in [6, 6.07) is 9.67. The summed E-state index contributed by atoms with van der Waals surface area (Å²) in [7, 11) is 1.53. The lowest BCUT2D eigenvalue weighted by molar-refractivity contribution is -0.138. The fourth-order valence-electron chi connectivity index (χ4n) is 2.37. The van der Waals surface area contributed by atoms with Crippen molar-refractivity contribution >= 4 is 23.5 Å². The van der Waals surface area contributed by atoms with Crippen molar-refractivity contribution in [2.24, 2.45) is 0 Å². The number of nitrogens with one attached hydrogen (secondary N) is 1. The molecule has 1 unspecified atom stereocenters. The van der Waals surface area contributed by atoms with Crippen molar-refractivity contribution in [3.63, 3.8) is 0 Å². The third-order valence-corrected chi connectivity index (χ3v) is 4.00. The Morgan fingerprint density at radius 1 is 1.19 bits per heavy atom. The average Bonchev–Trinajstić information content (AvgIpc) is 2.64. The Kier molecular flexibility index (Phi) is 7.57. The molecule has 0 saturated carbocycles. The standard InChI is InChI=1S/C19H19ClFNO5/c1-26-8-9-27-17-7-4-13(20)10-15(17)18(23)22-11-16(19(24)25)12-2-5-14(21)6-3-12/h2-7,10,16H,8-9,11H2,1H3,(H,22,23)(H,24,25). The largest absolute Gasteiger partial charge is 0.490 e. The number of amides is 1. The number of carbonyl (C=O) groups excluding carboxylic acids is 1. The van der Waals surface area contributed by atoms with Gasteiger partial charge in [-0.25, -0.2) is 4.39 Å². The van der Waals surface area contributed by atoms with E-state index in [0.717, 1.165) is 0 Å². The molecule has 0 aliphatic rings. The van der Waals surface area contributed by atoms with Gasteiger partial charge in [-0.2, -0.15) is 0 Å². The van der Waals surface area contributed by atoms with Crippen LogP contribution in [0.15, 0.2) is 42.5 Å².